The molecule has 2 aromatic carbocycles. The van der Waals surface area contributed by atoms with Gasteiger partial charge in [0.2, 0.25) is 0 Å². The highest BCUT2D eigenvalue weighted by atomic mass is 19.1. The summed E-state index contributed by atoms with van der Waals surface area (Å²) < 4.78 is 13.3. The van der Waals surface area contributed by atoms with E-state index < -0.39 is 30.6 Å². The van der Waals surface area contributed by atoms with Gasteiger partial charge in [-0.25, -0.2) is 19.3 Å². The van der Waals surface area contributed by atoms with Crippen molar-refractivity contribution in [3.63, 3.8) is 0 Å². The summed E-state index contributed by atoms with van der Waals surface area (Å²) in [7, 11) is 0. The molecule has 0 saturated carbocycles. The van der Waals surface area contributed by atoms with Gasteiger partial charge in [0.05, 0.1) is 41.8 Å². The number of hydrogen-bond donors (Lipinski definition) is 6. The lowest BCUT2D eigenvalue weighted by molar-refractivity contribution is 0.0799. The van der Waals surface area contributed by atoms with Crippen LogP contribution in [-0.4, -0.2) is 56.2 Å². The fourth-order valence-corrected chi connectivity index (χ4v) is 3.99. The quantitative estimate of drug-likeness (QED) is 0.152. The second-order valence-corrected chi connectivity index (χ2v) is 9.56. The Morgan fingerprint density at radius 1 is 1.07 bits per heavy atom. The Labute approximate surface area is 246 Å². The number of benzene rings is 2. The largest absolute Gasteiger partial charge is 0.394 e. The van der Waals surface area contributed by atoms with Gasteiger partial charge in [0.15, 0.2) is 11.5 Å². The summed E-state index contributed by atoms with van der Waals surface area (Å²) in [5.74, 6) is -1.27. The van der Waals surface area contributed by atoms with Crippen molar-refractivity contribution < 1.29 is 24.2 Å². The topological polar surface area (TPSA) is 199 Å². The number of aliphatic hydroxyl groups excluding tert-OH is 2. The van der Waals surface area contributed by atoms with Crippen LogP contribution >= 0.6 is 0 Å². The molecule has 0 saturated heterocycles. The molecule has 0 aliphatic rings. The molecule has 4 aromatic rings. The number of halogens is 1. The third kappa shape index (κ3) is 7.85. The van der Waals surface area contributed by atoms with Gasteiger partial charge >= 0.3 is 0 Å². The Morgan fingerprint density at radius 2 is 1.79 bits per heavy atom. The number of nitrogens with one attached hydrogen (secondary N) is 3. The highest BCUT2D eigenvalue weighted by Gasteiger charge is 2.18. The Bertz CT molecular complexity index is 1640. The smallest absolute Gasteiger partial charge is 0.273 e. The maximum absolute atomic E-state index is 13.3. The van der Waals surface area contributed by atoms with E-state index in [9.17, 15) is 24.3 Å². The van der Waals surface area contributed by atoms with Crippen molar-refractivity contribution >= 4 is 23.5 Å². The second-order valence-electron chi connectivity index (χ2n) is 9.56. The number of hydrogen-bond acceptors (Lipinski definition) is 10. The fraction of sp³-hybridized carbons (Fsp3) is 0.200. The molecule has 2 heterocycles. The number of nitrogen functional groups attached to an aromatic ring is 1. The Kier molecular flexibility index (Phi) is 9.89. The van der Waals surface area contributed by atoms with E-state index in [0.717, 1.165) is 5.56 Å². The predicted molar refractivity (Wildman–Crippen MR) is 156 cm³/mol. The summed E-state index contributed by atoms with van der Waals surface area (Å²) in [6.07, 6.45) is 1.68. The van der Waals surface area contributed by atoms with Crippen LogP contribution in [0.2, 0.25) is 0 Å². The minimum absolute atomic E-state index is 0.0811. The lowest BCUT2D eigenvalue weighted by Crippen LogP contribution is -2.34. The van der Waals surface area contributed by atoms with E-state index in [-0.39, 0.29) is 40.8 Å². The van der Waals surface area contributed by atoms with Crippen LogP contribution in [0.25, 0.3) is 11.3 Å². The van der Waals surface area contributed by atoms with Gasteiger partial charge in [-0.05, 0) is 36.2 Å². The van der Waals surface area contributed by atoms with Crippen molar-refractivity contribution in [2.45, 2.75) is 25.6 Å². The maximum atomic E-state index is 13.3. The summed E-state index contributed by atoms with van der Waals surface area (Å²) in [6.45, 7) is 1.38. The van der Waals surface area contributed by atoms with Crippen LogP contribution in [0.3, 0.4) is 0 Å². The molecule has 0 spiro atoms. The Morgan fingerprint density at radius 3 is 2.47 bits per heavy atom. The SMILES string of the molecule is C[C@H](NC(=O)c1cc(C#N)cnc1NCc1ccc(-c2cnc(N)c(C(=O)NCC(O)CO)n2)cc1)c1ccc(F)cc1. The molecular formula is C30H29FN8O4. The number of aliphatic hydroxyl groups is 2. The molecule has 2 aromatic heterocycles. The van der Waals surface area contributed by atoms with E-state index in [2.05, 4.69) is 30.9 Å². The first kappa shape index (κ1) is 30.5. The normalized spacial score (nSPS) is 12.1. The number of nitrogens with zero attached hydrogens (tertiary/aromatic N) is 4. The number of amides is 2. The van der Waals surface area contributed by atoms with Gasteiger partial charge in [-0.2, -0.15) is 5.26 Å². The minimum atomic E-state index is -1.11. The summed E-state index contributed by atoms with van der Waals surface area (Å²) >= 11 is 0. The van der Waals surface area contributed by atoms with Crippen molar-refractivity contribution in [1.82, 2.24) is 25.6 Å². The summed E-state index contributed by atoms with van der Waals surface area (Å²) in [6, 6.07) is 16.0. The number of anilines is 2. The third-order valence-electron chi connectivity index (χ3n) is 6.41. The van der Waals surface area contributed by atoms with Crippen LogP contribution < -0.4 is 21.7 Å². The van der Waals surface area contributed by atoms with E-state index in [1.54, 1.807) is 31.2 Å². The van der Waals surface area contributed by atoms with Gasteiger partial charge in [-0.3, -0.25) is 9.59 Å². The molecule has 1 unspecified atom stereocenters. The highest BCUT2D eigenvalue weighted by Crippen LogP contribution is 2.22. The summed E-state index contributed by atoms with van der Waals surface area (Å²) in [5, 5.41) is 36.2. The van der Waals surface area contributed by atoms with Gasteiger partial charge in [0.1, 0.15) is 17.7 Å². The van der Waals surface area contributed by atoms with Crippen LogP contribution in [0, 0.1) is 17.1 Å². The fourth-order valence-electron chi connectivity index (χ4n) is 3.99. The number of nitriles is 1. The molecule has 12 nitrogen and oxygen atoms in total. The molecule has 0 aliphatic heterocycles. The first-order valence-electron chi connectivity index (χ1n) is 13.2. The Balaban J connectivity index is 1.45. The van der Waals surface area contributed by atoms with Crippen molar-refractivity contribution in [3.8, 4) is 17.3 Å². The molecule has 0 radical (unpaired) electrons. The number of carbonyl (C=O) groups is 2. The highest BCUT2D eigenvalue weighted by molar-refractivity contribution is 5.99. The molecule has 220 valence electrons. The number of pyridine rings is 1. The summed E-state index contributed by atoms with van der Waals surface area (Å²) in [4.78, 5) is 38.2. The average Bonchev–Trinajstić information content (AvgIpc) is 3.03. The molecule has 2 atom stereocenters. The van der Waals surface area contributed by atoms with Gasteiger partial charge in [-0.1, -0.05) is 36.4 Å². The van der Waals surface area contributed by atoms with Crippen LogP contribution in [0.1, 0.15) is 50.5 Å². The van der Waals surface area contributed by atoms with Crippen molar-refractivity contribution in [1.29, 1.82) is 5.26 Å². The zero-order valence-corrected chi connectivity index (χ0v) is 23.1. The molecule has 2 amide bonds. The molecule has 13 heteroatoms. The van der Waals surface area contributed by atoms with Crippen LogP contribution in [0.5, 0.6) is 0 Å². The number of aromatic nitrogens is 3. The lowest BCUT2D eigenvalue weighted by atomic mass is 10.1. The first-order chi connectivity index (χ1) is 20.7. The average molecular weight is 585 g/mol. The zero-order valence-electron chi connectivity index (χ0n) is 23.1. The van der Waals surface area contributed by atoms with Crippen molar-refractivity contribution in [2.24, 2.45) is 0 Å². The zero-order chi connectivity index (χ0) is 30.9. The predicted octanol–water partition coefficient (Wildman–Crippen LogP) is 2.32. The van der Waals surface area contributed by atoms with E-state index in [1.807, 2.05) is 18.2 Å². The molecular weight excluding hydrogens is 555 g/mol. The second kappa shape index (κ2) is 13.9. The standard InChI is InChI=1S/C30H29FN8O4/c1-17(20-6-8-22(31)9-7-20)38-29(42)24-10-19(11-32)13-36-28(24)35-12-18-2-4-21(5-3-18)25-15-34-27(33)26(39-25)30(43)37-14-23(41)16-40/h2-10,13,15,17,23,40-41H,12,14,16H2,1H3,(H2,33,34)(H,35,36)(H,37,43)(H,38,42)/t17-,23?/m0/s1. The Hall–Kier alpha value is -5.45. The molecule has 7 N–H and O–H groups in total. The van der Waals surface area contributed by atoms with E-state index in [1.165, 1.54) is 30.6 Å². The lowest BCUT2D eigenvalue weighted by Gasteiger charge is -2.16. The monoisotopic (exact) mass is 584 g/mol. The first-order valence-corrected chi connectivity index (χ1v) is 13.2. The number of rotatable bonds is 11. The molecule has 43 heavy (non-hydrogen) atoms. The van der Waals surface area contributed by atoms with Crippen molar-refractivity contribution in [2.75, 3.05) is 24.2 Å². The number of carbonyl (C=O) groups excluding carboxylic acids is 2. The van der Waals surface area contributed by atoms with Gasteiger partial charge in [0.25, 0.3) is 11.8 Å². The van der Waals surface area contributed by atoms with E-state index >= 15 is 0 Å². The molecule has 0 bridgehead atoms. The van der Waals surface area contributed by atoms with Crippen LogP contribution in [-0.2, 0) is 6.54 Å². The van der Waals surface area contributed by atoms with E-state index in [4.69, 9.17) is 10.8 Å². The maximum Gasteiger partial charge on any atom is 0.273 e. The number of nitrogens with two attached hydrogens (primary N) is 1. The molecule has 4 rings (SSSR count). The minimum Gasteiger partial charge on any atom is -0.394 e. The van der Waals surface area contributed by atoms with Crippen LogP contribution in [0.4, 0.5) is 16.0 Å². The van der Waals surface area contributed by atoms with Crippen LogP contribution in [0.15, 0.2) is 67.0 Å². The summed E-state index contributed by atoms with van der Waals surface area (Å²) in [5.41, 5.74) is 8.71. The van der Waals surface area contributed by atoms with Gasteiger partial charge < -0.3 is 31.9 Å². The van der Waals surface area contributed by atoms with Gasteiger partial charge in [0, 0.05) is 24.8 Å². The molecule has 0 fully saturated rings. The van der Waals surface area contributed by atoms with Crippen molar-refractivity contribution in [3.05, 3.63) is 101 Å². The van der Waals surface area contributed by atoms with E-state index in [0.29, 0.717) is 23.4 Å². The van der Waals surface area contributed by atoms with Gasteiger partial charge in [-0.15, -0.1) is 0 Å². The third-order valence-corrected chi connectivity index (χ3v) is 6.41. The molecule has 0 aliphatic carbocycles.